The number of halogens is 1. The largest absolute Gasteiger partial charge is 0.345 e. The van der Waals surface area contributed by atoms with Gasteiger partial charge in [0.05, 0.1) is 6.04 Å². The van der Waals surface area contributed by atoms with E-state index in [1.54, 1.807) is 24.5 Å². The third kappa shape index (κ3) is 3.91. The van der Waals surface area contributed by atoms with Crippen molar-refractivity contribution in [3.63, 3.8) is 0 Å². The first-order chi connectivity index (χ1) is 10.7. The van der Waals surface area contributed by atoms with Crippen molar-refractivity contribution in [1.29, 1.82) is 0 Å². The minimum atomic E-state index is -0.295. The summed E-state index contributed by atoms with van der Waals surface area (Å²) in [5.41, 5.74) is 1.79. The summed E-state index contributed by atoms with van der Waals surface area (Å²) in [4.78, 5) is 16.4. The summed E-state index contributed by atoms with van der Waals surface area (Å²) in [7, 11) is 0. The van der Waals surface area contributed by atoms with E-state index in [0.29, 0.717) is 0 Å². The Morgan fingerprint density at radius 2 is 1.59 bits per heavy atom. The highest BCUT2D eigenvalue weighted by Crippen LogP contribution is 2.23. The minimum Gasteiger partial charge on any atom is -0.345 e. The smallest absolute Gasteiger partial charge is 0.223 e. The maximum atomic E-state index is 13.2. The van der Waals surface area contributed by atoms with Crippen LogP contribution in [0.25, 0.3) is 0 Å². The summed E-state index contributed by atoms with van der Waals surface area (Å²) in [6, 6.07) is 9.65. The monoisotopic (exact) mass is 300 g/mol. The van der Waals surface area contributed by atoms with Crippen LogP contribution in [0.2, 0.25) is 0 Å². The van der Waals surface area contributed by atoms with Crippen LogP contribution in [0.4, 0.5) is 4.39 Å². The van der Waals surface area contributed by atoms with Gasteiger partial charge >= 0.3 is 0 Å². The van der Waals surface area contributed by atoms with E-state index in [1.807, 2.05) is 26.0 Å². The highest BCUT2D eigenvalue weighted by atomic mass is 19.1. The molecule has 1 aromatic heterocycles. The van der Waals surface area contributed by atoms with E-state index in [2.05, 4.69) is 10.3 Å². The summed E-state index contributed by atoms with van der Waals surface area (Å²) in [5.74, 6) is -0.274. The number of amides is 1. The van der Waals surface area contributed by atoms with Crippen molar-refractivity contribution in [1.82, 2.24) is 10.3 Å². The van der Waals surface area contributed by atoms with Crippen LogP contribution in [0, 0.1) is 11.7 Å². The Morgan fingerprint density at radius 3 is 2.14 bits per heavy atom. The topological polar surface area (TPSA) is 42.0 Å². The molecular formula is C18H21FN2O. The Kier molecular flexibility index (Phi) is 5.64. The van der Waals surface area contributed by atoms with Gasteiger partial charge in [-0.2, -0.15) is 0 Å². The number of nitrogens with one attached hydrogen (secondary N) is 1. The molecule has 1 aromatic carbocycles. The molecule has 2 aromatic rings. The van der Waals surface area contributed by atoms with Gasteiger partial charge < -0.3 is 5.32 Å². The van der Waals surface area contributed by atoms with Crippen LogP contribution in [-0.4, -0.2) is 10.9 Å². The van der Waals surface area contributed by atoms with E-state index < -0.39 is 0 Å². The molecule has 1 N–H and O–H groups in total. The predicted molar refractivity (Wildman–Crippen MR) is 84.7 cm³/mol. The lowest BCUT2D eigenvalue weighted by Crippen LogP contribution is -2.34. The Morgan fingerprint density at radius 1 is 1.05 bits per heavy atom. The van der Waals surface area contributed by atoms with Gasteiger partial charge in [0.2, 0.25) is 5.91 Å². The summed E-state index contributed by atoms with van der Waals surface area (Å²) in [5, 5.41) is 3.08. The first-order valence-electron chi connectivity index (χ1n) is 7.61. The van der Waals surface area contributed by atoms with Crippen molar-refractivity contribution >= 4 is 5.91 Å². The third-order valence-electron chi connectivity index (χ3n) is 3.89. The van der Waals surface area contributed by atoms with Crippen molar-refractivity contribution < 1.29 is 9.18 Å². The number of nitrogens with zero attached hydrogens (tertiary/aromatic N) is 1. The molecule has 0 aliphatic heterocycles. The average molecular weight is 300 g/mol. The first kappa shape index (κ1) is 16.1. The van der Waals surface area contributed by atoms with Gasteiger partial charge in [0, 0.05) is 18.3 Å². The number of hydrogen-bond donors (Lipinski definition) is 1. The number of carbonyl (C=O) groups excluding carboxylic acids is 1. The number of rotatable bonds is 6. The van der Waals surface area contributed by atoms with Crippen molar-refractivity contribution in [2.75, 3.05) is 0 Å². The Bertz CT molecular complexity index is 594. The number of aromatic nitrogens is 1. The molecule has 0 radical (unpaired) electrons. The fourth-order valence-electron chi connectivity index (χ4n) is 2.49. The van der Waals surface area contributed by atoms with Crippen LogP contribution < -0.4 is 5.32 Å². The highest BCUT2D eigenvalue weighted by Gasteiger charge is 2.21. The average Bonchev–Trinajstić information content (AvgIpc) is 2.55. The number of benzene rings is 1. The molecular weight excluding hydrogens is 279 g/mol. The van der Waals surface area contributed by atoms with Crippen LogP contribution in [0.5, 0.6) is 0 Å². The van der Waals surface area contributed by atoms with Crippen LogP contribution in [0.15, 0.2) is 48.8 Å². The van der Waals surface area contributed by atoms with E-state index in [9.17, 15) is 9.18 Å². The molecule has 0 bridgehead atoms. The van der Waals surface area contributed by atoms with Gasteiger partial charge in [-0.05, 0) is 48.2 Å². The molecule has 0 saturated carbocycles. The SMILES string of the molecule is CCC(CC)C(=O)NC(c1ccncc1)c1ccc(F)cc1. The quantitative estimate of drug-likeness (QED) is 0.880. The lowest BCUT2D eigenvalue weighted by molar-refractivity contribution is -0.125. The van der Waals surface area contributed by atoms with Gasteiger partial charge in [0.15, 0.2) is 0 Å². The molecule has 22 heavy (non-hydrogen) atoms. The van der Waals surface area contributed by atoms with Crippen LogP contribution in [-0.2, 0) is 4.79 Å². The number of pyridine rings is 1. The Balaban J connectivity index is 2.30. The molecule has 0 fully saturated rings. The molecule has 0 aliphatic carbocycles. The molecule has 4 heteroatoms. The second kappa shape index (κ2) is 7.69. The predicted octanol–water partition coefficient (Wildman–Crippen LogP) is 3.86. The van der Waals surface area contributed by atoms with Crippen molar-refractivity contribution in [2.24, 2.45) is 5.92 Å². The molecule has 3 nitrogen and oxygen atoms in total. The van der Waals surface area contributed by atoms with Gasteiger partial charge in [-0.25, -0.2) is 4.39 Å². The summed E-state index contributed by atoms with van der Waals surface area (Å²) < 4.78 is 13.2. The molecule has 1 unspecified atom stereocenters. The van der Waals surface area contributed by atoms with E-state index in [1.165, 1.54) is 12.1 Å². The number of carbonyl (C=O) groups is 1. The zero-order chi connectivity index (χ0) is 15.9. The lowest BCUT2D eigenvalue weighted by Gasteiger charge is -2.22. The molecule has 116 valence electrons. The zero-order valence-corrected chi connectivity index (χ0v) is 12.9. The second-order valence-electron chi connectivity index (χ2n) is 5.29. The lowest BCUT2D eigenvalue weighted by atomic mass is 9.97. The van der Waals surface area contributed by atoms with Gasteiger partial charge in [-0.3, -0.25) is 9.78 Å². The molecule has 0 saturated heterocycles. The maximum Gasteiger partial charge on any atom is 0.223 e. The van der Waals surface area contributed by atoms with E-state index >= 15 is 0 Å². The molecule has 2 rings (SSSR count). The van der Waals surface area contributed by atoms with Gasteiger partial charge in [0.25, 0.3) is 0 Å². The highest BCUT2D eigenvalue weighted by molar-refractivity contribution is 5.79. The number of hydrogen-bond acceptors (Lipinski definition) is 2. The van der Waals surface area contributed by atoms with Gasteiger partial charge in [0.1, 0.15) is 5.82 Å². The van der Waals surface area contributed by atoms with Crippen LogP contribution in [0.1, 0.15) is 43.9 Å². The van der Waals surface area contributed by atoms with Gasteiger partial charge in [-0.1, -0.05) is 26.0 Å². The summed E-state index contributed by atoms with van der Waals surface area (Å²) >= 11 is 0. The first-order valence-corrected chi connectivity index (χ1v) is 7.61. The van der Waals surface area contributed by atoms with E-state index in [0.717, 1.165) is 24.0 Å². The minimum absolute atomic E-state index is 0.00946. The molecule has 1 atom stereocenters. The molecule has 0 aliphatic rings. The van der Waals surface area contributed by atoms with Crippen molar-refractivity contribution in [3.8, 4) is 0 Å². The molecule has 1 amide bonds. The fraction of sp³-hybridized carbons (Fsp3) is 0.333. The van der Waals surface area contributed by atoms with Gasteiger partial charge in [-0.15, -0.1) is 0 Å². The normalized spacial score (nSPS) is 12.2. The second-order valence-corrected chi connectivity index (χ2v) is 5.29. The molecule has 1 heterocycles. The standard InChI is InChI=1S/C18H21FN2O/c1-3-13(4-2)18(22)21-17(15-9-11-20-12-10-15)14-5-7-16(19)8-6-14/h5-13,17H,3-4H2,1-2H3,(H,21,22). The zero-order valence-electron chi connectivity index (χ0n) is 12.9. The maximum absolute atomic E-state index is 13.2. The van der Waals surface area contributed by atoms with Crippen molar-refractivity contribution in [2.45, 2.75) is 32.7 Å². The fourth-order valence-corrected chi connectivity index (χ4v) is 2.49. The Labute approximate surface area is 130 Å². The van der Waals surface area contributed by atoms with Crippen molar-refractivity contribution in [3.05, 3.63) is 65.7 Å². The Hall–Kier alpha value is -2.23. The molecule has 0 spiro atoms. The third-order valence-corrected chi connectivity index (χ3v) is 3.89. The van der Waals surface area contributed by atoms with E-state index in [-0.39, 0.29) is 23.7 Å². The summed E-state index contributed by atoms with van der Waals surface area (Å²) in [6.07, 6.45) is 4.98. The van der Waals surface area contributed by atoms with E-state index in [4.69, 9.17) is 0 Å². The van der Waals surface area contributed by atoms with Crippen LogP contribution in [0.3, 0.4) is 0 Å². The summed E-state index contributed by atoms with van der Waals surface area (Å²) in [6.45, 7) is 4.01. The van der Waals surface area contributed by atoms with Crippen LogP contribution >= 0.6 is 0 Å².